The van der Waals surface area contributed by atoms with Crippen molar-refractivity contribution in [3.63, 3.8) is 0 Å². The smallest absolute Gasteiger partial charge is 0.190 e. The number of hydrogen-bond acceptors (Lipinski definition) is 4. The Morgan fingerprint density at radius 1 is 1.47 bits per heavy atom. The Balaban J connectivity index is 2.39. The lowest BCUT2D eigenvalue weighted by Gasteiger charge is -2.12. The molecule has 4 nitrogen and oxygen atoms in total. The van der Waals surface area contributed by atoms with Gasteiger partial charge in [-0.15, -0.1) is 0 Å². The van der Waals surface area contributed by atoms with Crippen LogP contribution in [0.2, 0.25) is 0 Å². The Morgan fingerprint density at radius 2 is 2.24 bits per heavy atom. The Bertz CT molecular complexity index is 524. The third-order valence-corrected chi connectivity index (χ3v) is 3.47. The van der Waals surface area contributed by atoms with Crippen molar-refractivity contribution in [2.75, 3.05) is 0 Å². The summed E-state index contributed by atoms with van der Waals surface area (Å²) in [6.07, 6.45) is 1.47. The summed E-state index contributed by atoms with van der Waals surface area (Å²) in [4.78, 5) is 4.87. The van der Waals surface area contributed by atoms with Crippen molar-refractivity contribution in [2.45, 2.75) is 23.0 Å². The van der Waals surface area contributed by atoms with E-state index in [4.69, 9.17) is 5.73 Å². The molecule has 0 amide bonds. The summed E-state index contributed by atoms with van der Waals surface area (Å²) < 4.78 is 15.3. The Kier molecular flexibility index (Phi) is 3.44. The SMILES string of the molecule is C[C@H](N)c1c(F)cccc1Sc1ncnn1C. The van der Waals surface area contributed by atoms with Crippen molar-refractivity contribution in [3.05, 3.63) is 35.9 Å². The molecule has 2 rings (SSSR count). The van der Waals surface area contributed by atoms with E-state index in [-0.39, 0.29) is 11.9 Å². The summed E-state index contributed by atoms with van der Waals surface area (Å²) in [5.74, 6) is -0.285. The largest absolute Gasteiger partial charge is 0.324 e. The number of aromatic nitrogens is 3. The van der Waals surface area contributed by atoms with Gasteiger partial charge in [0.2, 0.25) is 0 Å². The van der Waals surface area contributed by atoms with Gasteiger partial charge >= 0.3 is 0 Å². The fraction of sp³-hybridized carbons (Fsp3) is 0.273. The van der Waals surface area contributed by atoms with Crippen molar-refractivity contribution in [1.29, 1.82) is 0 Å². The zero-order chi connectivity index (χ0) is 12.4. The van der Waals surface area contributed by atoms with Crippen LogP contribution >= 0.6 is 11.8 Å². The number of nitrogens with zero attached hydrogens (tertiary/aromatic N) is 3. The van der Waals surface area contributed by atoms with Crippen LogP contribution in [0.4, 0.5) is 4.39 Å². The number of benzene rings is 1. The molecule has 0 radical (unpaired) electrons. The van der Waals surface area contributed by atoms with E-state index in [0.29, 0.717) is 10.7 Å². The first-order valence-electron chi connectivity index (χ1n) is 5.15. The molecule has 0 spiro atoms. The fourth-order valence-electron chi connectivity index (χ4n) is 1.52. The number of nitrogens with two attached hydrogens (primary N) is 1. The maximum absolute atomic E-state index is 13.7. The van der Waals surface area contributed by atoms with E-state index in [1.54, 1.807) is 24.7 Å². The minimum absolute atomic E-state index is 0.285. The van der Waals surface area contributed by atoms with E-state index in [9.17, 15) is 4.39 Å². The second-order valence-corrected chi connectivity index (χ2v) is 4.72. The van der Waals surface area contributed by atoms with Gasteiger partial charge in [0.1, 0.15) is 12.1 Å². The normalized spacial score (nSPS) is 12.7. The Hall–Kier alpha value is -1.40. The maximum atomic E-state index is 13.7. The predicted molar refractivity (Wildman–Crippen MR) is 64.1 cm³/mol. The van der Waals surface area contributed by atoms with E-state index >= 15 is 0 Å². The van der Waals surface area contributed by atoms with Crippen molar-refractivity contribution < 1.29 is 4.39 Å². The van der Waals surface area contributed by atoms with Crippen LogP contribution in [0.5, 0.6) is 0 Å². The molecule has 1 atom stereocenters. The molecule has 2 N–H and O–H groups in total. The summed E-state index contributed by atoms with van der Waals surface area (Å²) in [5.41, 5.74) is 6.30. The molecule has 0 fully saturated rings. The molecule has 0 saturated carbocycles. The zero-order valence-corrected chi connectivity index (χ0v) is 10.4. The minimum Gasteiger partial charge on any atom is -0.324 e. The van der Waals surface area contributed by atoms with E-state index < -0.39 is 0 Å². The molecule has 0 unspecified atom stereocenters. The Morgan fingerprint density at radius 3 is 2.82 bits per heavy atom. The first-order chi connectivity index (χ1) is 8.09. The van der Waals surface area contributed by atoms with Crippen LogP contribution in [0.1, 0.15) is 18.5 Å². The van der Waals surface area contributed by atoms with Crippen LogP contribution in [0.15, 0.2) is 34.6 Å². The number of halogens is 1. The highest BCUT2D eigenvalue weighted by atomic mass is 32.2. The fourth-order valence-corrected chi connectivity index (χ4v) is 2.54. The number of rotatable bonds is 3. The molecule has 90 valence electrons. The molecular weight excluding hydrogens is 239 g/mol. The van der Waals surface area contributed by atoms with E-state index in [1.807, 2.05) is 6.07 Å². The lowest BCUT2D eigenvalue weighted by molar-refractivity contribution is 0.585. The second-order valence-electron chi connectivity index (χ2n) is 3.71. The summed E-state index contributed by atoms with van der Waals surface area (Å²) in [5, 5.41) is 4.68. The van der Waals surface area contributed by atoms with Crippen LogP contribution in [0.3, 0.4) is 0 Å². The van der Waals surface area contributed by atoms with Gasteiger partial charge in [0.15, 0.2) is 5.16 Å². The molecule has 0 bridgehead atoms. The quantitative estimate of drug-likeness (QED) is 0.909. The average molecular weight is 252 g/mol. The van der Waals surface area contributed by atoms with Gasteiger partial charge in [0.25, 0.3) is 0 Å². The van der Waals surface area contributed by atoms with Gasteiger partial charge in [0, 0.05) is 23.5 Å². The molecule has 0 aliphatic heterocycles. The van der Waals surface area contributed by atoms with Gasteiger partial charge in [-0.3, -0.25) is 0 Å². The second kappa shape index (κ2) is 4.85. The first kappa shape index (κ1) is 12.1. The van der Waals surface area contributed by atoms with Crippen LogP contribution in [-0.4, -0.2) is 14.8 Å². The standard InChI is InChI=1S/C11H13FN4S/c1-7(13)10-8(12)4-3-5-9(10)17-11-14-6-15-16(11)2/h3-7H,13H2,1-2H3/t7-/m0/s1. The summed E-state index contributed by atoms with van der Waals surface area (Å²) in [6, 6.07) is 4.56. The summed E-state index contributed by atoms with van der Waals surface area (Å²) in [7, 11) is 1.79. The molecule has 0 aliphatic rings. The number of aryl methyl sites for hydroxylation is 1. The molecule has 1 heterocycles. The molecule has 1 aromatic carbocycles. The monoisotopic (exact) mass is 252 g/mol. The van der Waals surface area contributed by atoms with Crippen molar-refractivity contribution in [2.24, 2.45) is 12.8 Å². The van der Waals surface area contributed by atoms with Gasteiger partial charge in [0.05, 0.1) is 0 Å². The Labute approximate surface area is 103 Å². The van der Waals surface area contributed by atoms with E-state index in [2.05, 4.69) is 10.1 Å². The molecule has 17 heavy (non-hydrogen) atoms. The van der Waals surface area contributed by atoms with E-state index in [1.165, 1.54) is 24.2 Å². The molecular formula is C11H13FN4S. The molecule has 6 heteroatoms. The third-order valence-electron chi connectivity index (χ3n) is 2.34. The summed E-state index contributed by atoms with van der Waals surface area (Å²) in [6.45, 7) is 1.76. The van der Waals surface area contributed by atoms with Gasteiger partial charge in [-0.05, 0) is 30.8 Å². The molecule has 0 aliphatic carbocycles. The highest BCUT2D eigenvalue weighted by Gasteiger charge is 2.15. The third kappa shape index (κ3) is 2.48. The zero-order valence-electron chi connectivity index (χ0n) is 9.59. The van der Waals surface area contributed by atoms with Crippen LogP contribution in [0.25, 0.3) is 0 Å². The predicted octanol–water partition coefficient (Wildman–Crippen LogP) is 2.13. The highest BCUT2D eigenvalue weighted by Crippen LogP contribution is 2.32. The average Bonchev–Trinajstić information content (AvgIpc) is 2.64. The molecule has 1 aromatic heterocycles. The summed E-state index contributed by atoms with van der Waals surface area (Å²) >= 11 is 1.36. The van der Waals surface area contributed by atoms with Crippen molar-refractivity contribution >= 4 is 11.8 Å². The van der Waals surface area contributed by atoms with Gasteiger partial charge in [-0.25, -0.2) is 14.1 Å². The lowest BCUT2D eigenvalue weighted by Crippen LogP contribution is -2.09. The van der Waals surface area contributed by atoms with Crippen molar-refractivity contribution in [3.8, 4) is 0 Å². The minimum atomic E-state index is -0.355. The van der Waals surface area contributed by atoms with Gasteiger partial charge < -0.3 is 5.73 Å². The highest BCUT2D eigenvalue weighted by molar-refractivity contribution is 7.99. The van der Waals surface area contributed by atoms with Crippen LogP contribution in [-0.2, 0) is 7.05 Å². The lowest BCUT2D eigenvalue weighted by atomic mass is 10.1. The topological polar surface area (TPSA) is 56.7 Å². The first-order valence-corrected chi connectivity index (χ1v) is 5.97. The van der Waals surface area contributed by atoms with Crippen LogP contribution < -0.4 is 5.73 Å². The molecule has 0 saturated heterocycles. The molecule has 2 aromatic rings. The van der Waals surface area contributed by atoms with Crippen molar-refractivity contribution in [1.82, 2.24) is 14.8 Å². The van der Waals surface area contributed by atoms with Gasteiger partial charge in [-0.2, -0.15) is 5.10 Å². The van der Waals surface area contributed by atoms with Gasteiger partial charge in [-0.1, -0.05) is 6.07 Å². The number of hydrogen-bond donors (Lipinski definition) is 1. The van der Waals surface area contributed by atoms with Crippen LogP contribution in [0, 0.1) is 5.82 Å². The van der Waals surface area contributed by atoms with E-state index in [0.717, 1.165) is 4.90 Å². The maximum Gasteiger partial charge on any atom is 0.190 e.